The van der Waals surface area contributed by atoms with Gasteiger partial charge in [-0.05, 0) is 19.1 Å². The molecule has 1 atom stereocenters. The van der Waals surface area contributed by atoms with E-state index in [0.717, 1.165) is 9.21 Å². The van der Waals surface area contributed by atoms with E-state index >= 15 is 0 Å². The van der Waals surface area contributed by atoms with Gasteiger partial charge in [-0.15, -0.1) is 11.3 Å². The number of hydrogen-bond donors (Lipinski definition) is 2. The average Bonchev–Trinajstić information content (AvgIpc) is 2.49. The maximum Gasteiger partial charge on any atom is 0.210 e. The molecule has 15 heavy (non-hydrogen) atoms. The van der Waals surface area contributed by atoms with Crippen molar-refractivity contribution in [2.24, 2.45) is 5.14 Å². The van der Waals surface area contributed by atoms with Gasteiger partial charge >= 0.3 is 0 Å². The van der Waals surface area contributed by atoms with Crippen LogP contribution in [-0.4, -0.2) is 20.7 Å². The molecule has 7 heteroatoms. The number of thiophene rings is 1. The first-order chi connectivity index (χ1) is 6.88. The molecule has 0 saturated heterocycles. The second kappa shape index (κ2) is 5.27. The molecule has 0 aliphatic rings. The molecule has 1 rings (SSSR count). The van der Waals surface area contributed by atoms with E-state index in [4.69, 9.17) is 16.7 Å². The molecule has 0 radical (unpaired) electrons. The second-order valence-electron chi connectivity index (χ2n) is 3.18. The number of sulfonamides is 1. The Bertz CT molecular complexity index is 416. The third-order valence-corrected chi connectivity index (χ3v) is 4.04. The van der Waals surface area contributed by atoms with Crippen molar-refractivity contribution < 1.29 is 8.42 Å². The number of hydrogen-bond acceptors (Lipinski definition) is 4. The summed E-state index contributed by atoms with van der Waals surface area (Å²) in [6.45, 7) is 2.29. The van der Waals surface area contributed by atoms with Crippen LogP contribution in [-0.2, 0) is 10.0 Å². The molecule has 0 aliphatic carbocycles. The molecule has 1 unspecified atom stereocenters. The van der Waals surface area contributed by atoms with Crippen LogP contribution in [0.15, 0.2) is 12.1 Å². The zero-order valence-electron chi connectivity index (χ0n) is 8.23. The van der Waals surface area contributed by atoms with Gasteiger partial charge in [-0.3, -0.25) is 0 Å². The van der Waals surface area contributed by atoms with Crippen molar-refractivity contribution in [3.63, 3.8) is 0 Å². The Balaban J connectivity index is 2.40. The lowest BCUT2D eigenvalue weighted by Gasteiger charge is -2.10. The Morgan fingerprint density at radius 1 is 1.60 bits per heavy atom. The minimum absolute atomic E-state index is 0.0591. The first-order valence-electron chi connectivity index (χ1n) is 4.37. The molecule has 3 N–H and O–H groups in total. The highest BCUT2D eigenvalue weighted by molar-refractivity contribution is 7.89. The summed E-state index contributed by atoms with van der Waals surface area (Å²) >= 11 is 7.26. The van der Waals surface area contributed by atoms with Crippen molar-refractivity contribution in [3.8, 4) is 0 Å². The summed E-state index contributed by atoms with van der Waals surface area (Å²) in [6, 6.07) is 3.82. The zero-order chi connectivity index (χ0) is 11.5. The van der Waals surface area contributed by atoms with Crippen molar-refractivity contribution in [2.75, 3.05) is 12.3 Å². The topological polar surface area (TPSA) is 72.2 Å². The van der Waals surface area contributed by atoms with Crippen molar-refractivity contribution in [1.29, 1.82) is 0 Å². The Morgan fingerprint density at radius 2 is 2.27 bits per heavy atom. The lowest BCUT2D eigenvalue weighted by atomic mass is 10.3. The van der Waals surface area contributed by atoms with Crippen LogP contribution in [0.4, 0.5) is 0 Å². The Morgan fingerprint density at radius 3 is 2.73 bits per heavy atom. The fourth-order valence-corrected chi connectivity index (χ4v) is 2.57. The Kier molecular flexibility index (Phi) is 4.54. The maximum atomic E-state index is 10.7. The van der Waals surface area contributed by atoms with Crippen LogP contribution in [0.1, 0.15) is 17.8 Å². The van der Waals surface area contributed by atoms with Crippen molar-refractivity contribution in [1.82, 2.24) is 5.32 Å². The molecular formula is C8H13ClN2O2S2. The van der Waals surface area contributed by atoms with E-state index in [2.05, 4.69) is 5.32 Å². The van der Waals surface area contributed by atoms with Gasteiger partial charge in [-0.2, -0.15) is 0 Å². The summed E-state index contributed by atoms with van der Waals surface area (Å²) in [7, 11) is -3.38. The van der Waals surface area contributed by atoms with Crippen LogP contribution in [0.2, 0.25) is 4.34 Å². The molecule has 0 aromatic carbocycles. The third kappa shape index (κ3) is 4.94. The van der Waals surface area contributed by atoms with Crippen molar-refractivity contribution in [2.45, 2.75) is 13.0 Å². The van der Waals surface area contributed by atoms with E-state index in [-0.39, 0.29) is 11.8 Å². The predicted octanol–water partition coefficient (Wildman–Crippen LogP) is 1.34. The molecule has 0 saturated carbocycles. The largest absolute Gasteiger partial charge is 0.308 e. The van der Waals surface area contributed by atoms with Crippen molar-refractivity contribution >= 4 is 33.0 Å². The van der Waals surface area contributed by atoms with Gasteiger partial charge in [0.25, 0.3) is 0 Å². The van der Waals surface area contributed by atoms with Gasteiger partial charge in [0.15, 0.2) is 0 Å². The second-order valence-corrected chi connectivity index (χ2v) is 6.67. The summed E-state index contributed by atoms with van der Waals surface area (Å²) in [5.74, 6) is -0.0591. The first-order valence-corrected chi connectivity index (χ1v) is 7.28. The van der Waals surface area contributed by atoms with E-state index < -0.39 is 10.0 Å². The molecule has 4 nitrogen and oxygen atoms in total. The van der Waals surface area contributed by atoms with E-state index in [1.807, 2.05) is 19.1 Å². The lowest BCUT2D eigenvalue weighted by molar-refractivity contribution is 0.577. The van der Waals surface area contributed by atoms with Gasteiger partial charge in [0, 0.05) is 17.5 Å². The molecule has 1 heterocycles. The highest BCUT2D eigenvalue weighted by Crippen LogP contribution is 2.26. The Labute approximate surface area is 98.5 Å². The van der Waals surface area contributed by atoms with E-state index in [1.165, 1.54) is 11.3 Å². The normalized spacial score (nSPS) is 14.1. The van der Waals surface area contributed by atoms with Crippen LogP contribution >= 0.6 is 22.9 Å². The zero-order valence-corrected chi connectivity index (χ0v) is 10.6. The summed E-state index contributed by atoms with van der Waals surface area (Å²) in [5, 5.41) is 7.94. The first kappa shape index (κ1) is 12.9. The quantitative estimate of drug-likeness (QED) is 0.847. The van der Waals surface area contributed by atoms with Crippen LogP contribution in [0, 0.1) is 0 Å². The third-order valence-electron chi connectivity index (χ3n) is 1.86. The molecule has 0 spiro atoms. The molecule has 0 bridgehead atoms. The highest BCUT2D eigenvalue weighted by Gasteiger charge is 2.09. The van der Waals surface area contributed by atoms with E-state index in [1.54, 1.807) is 0 Å². The SMILES string of the molecule is CC(NCCS(N)(=O)=O)c1ccc(Cl)s1. The van der Waals surface area contributed by atoms with Crippen LogP contribution in [0.25, 0.3) is 0 Å². The van der Waals surface area contributed by atoms with E-state index in [0.29, 0.717) is 6.54 Å². The Hall–Kier alpha value is -0.140. The number of rotatable bonds is 5. The van der Waals surface area contributed by atoms with Gasteiger partial charge in [0.05, 0.1) is 10.1 Å². The summed E-state index contributed by atoms with van der Waals surface area (Å²) < 4.78 is 22.1. The summed E-state index contributed by atoms with van der Waals surface area (Å²) in [5.41, 5.74) is 0. The summed E-state index contributed by atoms with van der Waals surface area (Å²) in [4.78, 5) is 1.08. The monoisotopic (exact) mass is 268 g/mol. The van der Waals surface area contributed by atoms with E-state index in [9.17, 15) is 8.42 Å². The minimum Gasteiger partial charge on any atom is -0.308 e. The van der Waals surface area contributed by atoms with Gasteiger partial charge in [-0.25, -0.2) is 13.6 Å². The minimum atomic E-state index is -3.38. The predicted molar refractivity (Wildman–Crippen MR) is 63.7 cm³/mol. The number of nitrogens with one attached hydrogen (secondary N) is 1. The molecule has 86 valence electrons. The molecule has 0 fully saturated rings. The fraction of sp³-hybridized carbons (Fsp3) is 0.500. The molecule has 0 amide bonds. The van der Waals surface area contributed by atoms with Gasteiger partial charge < -0.3 is 5.32 Å². The van der Waals surface area contributed by atoms with Gasteiger partial charge in [-0.1, -0.05) is 11.6 Å². The van der Waals surface area contributed by atoms with Gasteiger partial charge in [0.1, 0.15) is 0 Å². The maximum absolute atomic E-state index is 10.7. The van der Waals surface area contributed by atoms with Crippen molar-refractivity contribution in [3.05, 3.63) is 21.3 Å². The average molecular weight is 269 g/mol. The van der Waals surface area contributed by atoms with Crippen LogP contribution in [0.3, 0.4) is 0 Å². The van der Waals surface area contributed by atoms with Crippen LogP contribution in [0.5, 0.6) is 0 Å². The number of primary sulfonamides is 1. The number of halogens is 1. The smallest absolute Gasteiger partial charge is 0.210 e. The molecular weight excluding hydrogens is 256 g/mol. The standard InChI is InChI=1S/C8H13ClN2O2S2/c1-6(7-2-3-8(9)14-7)11-4-5-15(10,12)13/h2-3,6,11H,4-5H2,1H3,(H2,10,12,13). The molecule has 0 aliphatic heterocycles. The fourth-order valence-electron chi connectivity index (χ4n) is 1.08. The molecule has 1 aromatic rings. The molecule has 1 aromatic heterocycles. The highest BCUT2D eigenvalue weighted by atomic mass is 35.5. The lowest BCUT2D eigenvalue weighted by Crippen LogP contribution is -2.28. The summed E-state index contributed by atoms with van der Waals surface area (Å²) in [6.07, 6.45) is 0. The van der Waals surface area contributed by atoms with Crippen LogP contribution < -0.4 is 10.5 Å². The van der Waals surface area contributed by atoms with Gasteiger partial charge in [0.2, 0.25) is 10.0 Å². The number of nitrogens with two attached hydrogens (primary N) is 1.